The summed E-state index contributed by atoms with van der Waals surface area (Å²) in [5, 5.41) is 1.77. The van der Waals surface area contributed by atoms with E-state index in [-0.39, 0.29) is 0 Å². The van der Waals surface area contributed by atoms with Crippen molar-refractivity contribution in [2.45, 2.75) is 0 Å². The predicted molar refractivity (Wildman–Crippen MR) is 71.5 cm³/mol. The van der Waals surface area contributed by atoms with E-state index in [1.54, 1.807) is 0 Å². The zero-order valence-electron chi connectivity index (χ0n) is 8.70. The summed E-state index contributed by atoms with van der Waals surface area (Å²) in [6, 6.07) is 19.1. The van der Waals surface area contributed by atoms with Gasteiger partial charge in [-0.15, -0.1) is 0 Å². The van der Waals surface area contributed by atoms with Crippen molar-refractivity contribution in [2.75, 3.05) is 0 Å². The van der Waals surface area contributed by atoms with E-state index in [0.717, 1.165) is 10.6 Å². The standard InChI is InChI=1S/C12H10OP.2ClH.Pt/c13-14(11-7-3-1-4-8-11)12-9-5-2-6-10-12;;;/h1-10H;2*1H;/q+1;;;+2/p-2. The van der Waals surface area contributed by atoms with Gasteiger partial charge < -0.3 is 0 Å². The van der Waals surface area contributed by atoms with Gasteiger partial charge in [-0.1, -0.05) is 41.0 Å². The van der Waals surface area contributed by atoms with Crippen LogP contribution in [0, 0.1) is 0 Å². The van der Waals surface area contributed by atoms with Crippen LogP contribution in [0.1, 0.15) is 0 Å². The second-order valence-electron chi connectivity index (χ2n) is 3.01. The molecule has 0 aromatic heterocycles. The molecule has 0 amide bonds. The molecule has 0 aliphatic rings. The monoisotopic (exact) mass is 466 g/mol. The van der Waals surface area contributed by atoms with Gasteiger partial charge in [-0.2, -0.15) is 0 Å². The molecule has 0 fully saturated rings. The second-order valence-corrected chi connectivity index (χ2v) is 7.92. The maximum atomic E-state index is 12.0. The third-order valence-corrected chi connectivity index (χ3v) is 3.52. The Morgan fingerprint density at radius 2 is 1.06 bits per heavy atom. The van der Waals surface area contributed by atoms with E-state index >= 15 is 0 Å². The van der Waals surface area contributed by atoms with Crippen LogP contribution in [0.5, 0.6) is 0 Å². The van der Waals surface area contributed by atoms with Crippen molar-refractivity contribution >= 4 is 37.2 Å². The first-order valence-corrected chi connectivity index (χ1v) is 11.6. The first-order valence-electron chi connectivity index (χ1n) is 4.69. The average Bonchev–Trinajstić information content (AvgIpc) is 2.41. The van der Waals surface area contributed by atoms with Crippen LogP contribution < -0.4 is 10.6 Å². The molecular weight excluding hydrogens is 457 g/mol. The minimum atomic E-state index is -1.42. The van der Waals surface area contributed by atoms with E-state index in [9.17, 15) is 4.57 Å². The summed E-state index contributed by atoms with van der Waals surface area (Å²) in [6.45, 7) is 0. The fraction of sp³-hybridized carbons (Fsp3) is 0. The molecule has 2 aromatic rings. The van der Waals surface area contributed by atoms with Crippen molar-refractivity contribution < 1.29 is 21.0 Å². The number of rotatable bonds is 2. The van der Waals surface area contributed by atoms with E-state index in [4.69, 9.17) is 18.8 Å². The topological polar surface area (TPSA) is 17.1 Å². The Morgan fingerprint density at radius 1 is 0.765 bits per heavy atom. The molecule has 2 aromatic carbocycles. The van der Waals surface area contributed by atoms with Gasteiger partial charge in [0.2, 0.25) is 0 Å². The molecule has 0 aliphatic heterocycles. The van der Waals surface area contributed by atoms with E-state index < -0.39 is 24.3 Å². The van der Waals surface area contributed by atoms with Crippen LogP contribution in [-0.4, -0.2) is 0 Å². The van der Waals surface area contributed by atoms with Crippen LogP contribution in [0.4, 0.5) is 0 Å². The van der Waals surface area contributed by atoms with E-state index in [1.165, 1.54) is 0 Å². The Hall–Kier alpha value is -0.192. The molecule has 0 spiro atoms. The van der Waals surface area contributed by atoms with Crippen LogP contribution in [0.2, 0.25) is 0 Å². The normalized spacial score (nSPS) is 9.29. The summed E-state index contributed by atoms with van der Waals surface area (Å²) in [7, 11) is 8.33. The summed E-state index contributed by atoms with van der Waals surface area (Å²) in [4.78, 5) is 0. The van der Waals surface area contributed by atoms with Crippen molar-refractivity contribution in [3.63, 3.8) is 0 Å². The van der Waals surface area contributed by atoms with Crippen molar-refractivity contribution in [1.29, 1.82) is 0 Å². The predicted octanol–water partition coefficient (Wildman–Crippen LogP) is 3.84. The van der Waals surface area contributed by atoms with Crippen LogP contribution in [0.15, 0.2) is 60.7 Å². The molecule has 5 heteroatoms. The quantitative estimate of drug-likeness (QED) is 0.614. The van der Waals surface area contributed by atoms with Gasteiger partial charge in [0, 0.05) is 0 Å². The number of hydrogen-bond acceptors (Lipinski definition) is 1. The fourth-order valence-electron chi connectivity index (χ4n) is 1.28. The molecule has 0 aliphatic carbocycles. The van der Waals surface area contributed by atoms with Crippen LogP contribution in [0.3, 0.4) is 0 Å². The van der Waals surface area contributed by atoms with Gasteiger partial charge >= 0.3 is 43.1 Å². The van der Waals surface area contributed by atoms with Gasteiger partial charge in [0.05, 0.1) is 0 Å². The molecule has 0 radical (unpaired) electrons. The Bertz CT molecular complexity index is 409. The molecule has 0 saturated heterocycles. The summed E-state index contributed by atoms with van der Waals surface area (Å²) in [5.74, 6) is 0. The Morgan fingerprint density at radius 3 is 1.35 bits per heavy atom. The van der Waals surface area contributed by atoms with Gasteiger partial charge in [0.25, 0.3) is 0 Å². The van der Waals surface area contributed by atoms with Crippen LogP contribution >= 0.6 is 26.6 Å². The SMILES string of the molecule is O=[P+](c1ccccc1)c1ccccc1.[Cl][Pt][Cl]. The van der Waals surface area contributed by atoms with E-state index in [1.807, 2.05) is 60.7 Å². The average molecular weight is 467 g/mol. The van der Waals surface area contributed by atoms with E-state index in [0.29, 0.717) is 0 Å². The molecule has 0 unspecified atom stereocenters. The first-order chi connectivity index (χ1) is 8.29. The number of hydrogen-bond donors (Lipinski definition) is 0. The molecule has 0 bridgehead atoms. The molecule has 0 heterocycles. The van der Waals surface area contributed by atoms with E-state index in [2.05, 4.69) is 0 Å². The van der Waals surface area contributed by atoms with Crippen molar-refractivity contribution in [1.82, 2.24) is 0 Å². The van der Waals surface area contributed by atoms with Gasteiger partial charge in [0.1, 0.15) is 0 Å². The molecule has 92 valence electrons. The summed E-state index contributed by atoms with van der Waals surface area (Å²) < 4.78 is 12.0. The van der Waals surface area contributed by atoms with Gasteiger partial charge in [0.15, 0.2) is 10.6 Å². The molecule has 2 rings (SSSR count). The van der Waals surface area contributed by atoms with Crippen LogP contribution in [0.25, 0.3) is 0 Å². The Kier molecular flexibility index (Phi) is 7.73. The fourth-order valence-corrected chi connectivity index (χ4v) is 2.46. The zero-order valence-corrected chi connectivity index (χ0v) is 13.4. The first kappa shape index (κ1) is 14.9. The second kappa shape index (κ2) is 8.83. The van der Waals surface area contributed by atoms with Gasteiger partial charge in [-0.05, 0) is 24.3 Å². The number of halogens is 2. The minimum absolute atomic E-state index is 0.472. The molecule has 0 saturated carbocycles. The summed E-state index contributed by atoms with van der Waals surface area (Å²) >= 11 is -0.472. The number of benzene rings is 2. The van der Waals surface area contributed by atoms with Gasteiger partial charge in [-0.25, -0.2) is 0 Å². The van der Waals surface area contributed by atoms with Crippen molar-refractivity contribution in [2.24, 2.45) is 0 Å². The van der Waals surface area contributed by atoms with Gasteiger partial charge in [-0.3, -0.25) is 0 Å². The van der Waals surface area contributed by atoms with Crippen molar-refractivity contribution in [3.8, 4) is 0 Å². The summed E-state index contributed by atoms with van der Waals surface area (Å²) in [6.07, 6.45) is 0. The Balaban J connectivity index is 0.000000437. The summed E-state index contributed by atoms with van der Waals surface area (Å²) in [5.41, 5.74) is 0. The maximum absolute atomic E-state index is 12.0. The molecule has 0 N–H and O–H groups in total. The molecule has 0 atom stereocenters. The molecule has 17 heavy (non-hydrogen) atoms. The van der Waals surface area contributed by atoms with Crippen LogP contribution in [-0.2, 0) is 21.0 Å². The third kappa shape index (κ3) is 5.32. The zero-order chi connectivity index (χ0) is 12.5. The third-order valence-electron chi connectivity index (χ3n) is 1.98. The molecule has 1 nitrogen and oxygen atoms in total. The molecular formula is C12H10Cl2OPPt+. The Labute approximate surface area is 118 Å². The van der Waals surface area contributed by atoms with Crippen molar-refractivity contribution in [3.05, 3.63) is 60.7 Å².